The highest BCUT2D eigenvalue weighted by Crippen LogP contribution is 2.43. The molecule has 1 aliphatic carbocycles. The Hall–Kier alpha value is -1.03. The van der Waals surface area contributed by atoms with Gasteiger partial charge in [0.1, 0.15) is 4.88 Å². The molecule has 1 aromatic heterocycles. The van der Waals surface area contributed by atoms with Crippen molar-refractivity contribution in [2.45, 2.75) is 44.4 Å². The molecule has 0 unspecified atom stereocenters. The summed E-state index contributed by atoms with van der Waals surface area (Å²) in [5.74, 6) is -0.909. The van der Waals surface area contributed by atoms with Crippen LogP contribution in [0.25, 0.3) is 0 Å². The Balaban J connectivity index is 2.33. The molecule has 1 heterocycles. The molecule has 88 valence electrons. The van der Waals surface area contributed by atoms with E-state index in [-0.39, 0.29) is 5.41 Å². The predicted octanol–water partition coefficient (Wildman–Crippen LogP) is 3.25. The first-order chi connectivity index (χ1) is 7.53. The van der Waals surface area contributed by atoms with Gasteiger partial charge in [0.25, 0.3) is 0 Å². The normalized spacial score (nSPS) is 19.6. The second-order valence-electron chi connectivity index (χ2n) is 4.82. The number of nitrogen functional groups attached to an aromatic ring is 1. The number of rotatable bonds is 2. The van der Waals surface area contributed by atoms with Crippen LogP contribution in [0.15, 0.2) is 6.07 Å². The lowest BCUT2D eigenvalue weighted by Gasteiger charge is -2.32. The van der Waals surface area contributed by atoms with E-state index < -0.39 is 5.97 Å². The van der Waals surface area contributed by atoms with Crippen molar-refractivity contribution in [1.82, 2.24) is 0 Å². The number of hydrogen-bond donors (Lipinski definition) is 2. The molecule has 16 heavy (non-hydrogen) atoms. The summed E-state index contributed by atoms with van der Waals surface area (Å²) in [5.41, 5.74) is 6.30. The van der Waals surface area contributed by atoms with Crippen molar-refractivity contribution in [3.63, 3.8) is 0 Å². The highest BCUT2D eigenvalue weighted by Gasteiger charge is 2.31. The van der Waals surface area contributed by atoms with Gasteiger partial charge in [0.15, 0.2) is 0 Å². The minimum absolute atomic E-state index is 0.144. The summed E-state index contributed by atoms with van der Waals surface area (Å²) in [4.78, 5) is 12.4. The Labute approximate surface area is 99.3 Å². The van der Waals surface area contributed by atoms with E-state index in [4.69, 9.17) is 10.8 Å². The van der Waals surface area contributed by atoms with Crippen LogP contribution in [-0.2, 0) is 5.41 Å². The monoisotopic (exact) mass is 239 g/mol. The zero-order chi connectivity index (χ0) is 11.8. The smallest absolute Gasteiger partial charge is 0.348 e. The number of carboxylic acid groups (broad SMARTS) is 1. The minimum Gasteiger partial charge on any atom is -0.477 e. The van der Waals surface area contributed by atoms with Crippen LogP contribution >= 0.6 is 11.3 Å². The molecule has 1 saturated carbocycles. The third kappa shape index (κ3) is 1.94. The third-order valence-electron chi connectivity index (χ3n) is 3.51. The van der Waals surface area contributed by atoms with Gasteiger partial charge < -0.3 is 10.8 Å². The average Bonchev–Trinajstić information content (AvgIpc) is 2.62. The highest BCUT2D eigenvalue weighted by atomic mass is 32.1. The maximum absolute atomic E-state index is 11.0. The summed E-state index contributed by atoms with van der Waals surface area (Å²) >= 11 is 1.35. The van der Waals surface area contributed by atoms with E-state index in [1.165, 1.54) is 30.6 Å². The molecule has 3 nitrogen and oxygen atoms in total. The fraction of sp³-hybridized carbons (Fsp3) is 0.583. The molecular formula is C12H17NO2S. The van der Waals surface area contributed by atoms with Gasteiger partial charge in [-0.3, -0.25) is 0 Å². The van der Waals surface area contributed by atoms with Gasteiger partial charge in [0.05, 0.1) is 5.69 Å². The largest absolute Gasteiger partial charge is 0.477 e. The van der Waals surface area contributed by atoms with Gasteiger partial charge in [-0.05, 0) is 18.9 Å². The SMILES string of the molecule is CC1(c2cc(N)c(C(=O)O)s2)CCCCC1. The summed E-state index contributed by atoms with van der Waals surface area (Å²) in [7, 11) is 0. The molecule has 4 heteroatoms. The number of aromatic carboxylic acids is 1. The lowest BCUT2D eigenvalue weighted by atomic mass is 9.75. The van der Waals surface area contributed by atoms with Gasteiger partial charge in [0.2, 0.25) is 0 Å². The fourth-order valence-electron chi connectivity index (χ4n) is 2.45. The van der Waals surface area contributed by atoms with Crippen molar-refractivity contribution in [1.29, 1.82) is 0 Å². The van der Waals surface area contributed by atoms with Crippen LogP contribution in [0.2, 0.25) is 0 Å². The second-order valence-corrected chi connectivity index (χ2v) is 5.87. The molecular weight excluding hydrogens is 222 g/mol. The summed E-state index contributed by atoms with van der Waals surface area (Å²) in [6.07, 6.45) is 6.05. The van der Waals surface area contributed by atoms with Gasteiger partial charge in [-0.15, -0.1) is 11.3 Å². The van der Waals surface area contributed by atoms with Crippen molar-refractivity contribution in [2.24, 2.45) is 0 Å². The van der Waals surface area contributed by atoms with E-state index in [2.05, 4.69) is 6.92 Å². The van der Waals surface area contributed by atoms with E-state index in [1.54, 1.807) is 0 Å². The molecule has 0 saturated heterocycles. The first-order valence-corrected chi connectivity index (χ1v) is 6.48. The lowest BCUT2D eigenvalue weighted by molar-refractivity contribution is 0.0703. The number of carboxylic acids is 1. The topological polar surface area (TPSA) is 63.3 Å². The van der Waals surface area contributed by atoms with Gasteiger partial charge in [-0.1, -0.05) is 26.2 Å². The number of hydrogen-bond acceptors (Lipinski definition) is 3. The van der Waals surface area contributed by atoms with Gasteiger partial charge in [-0.2, -0.15) is 0 Å². The number of thiophene rings is 1. The summed E-state index contributed by atoms with van der Waals surface area (Å²) in [6, 6.07) is 1.86. The Kier molecular flexibility index (Phi) is 2.93. The van der Waals surface area contributed by atoms with Crippen molar-refractivity contribution in [3.8, 4) is 0 Å². The minimum atomic E-state index is -0.909. The summed E-state index contributed by atoms with van der Waals surface area (Å²) in [5, 5.41) is 8.99. The van der Waals surface area contributed by atoms with Crippen LogP contribution in [-0.4, -0.2) is 11.1 Å². The van der Waals surface area contributed by atoms with E-state index in [0.29, 0.717) is 10.6 Å². The van der Waals surface area contributed by atoms with Crippen LogP contribution in [0.4, 0.5) is 5.69 Å². The Morgan fingerprint density at radius 2 is 2.06 bits per heavy atom. The van der Waals surface area contributed by atoms with Crippen molar-refractivity contribution >= 4 is 23.0 Å². The second kappa shape index (κ2) is 4.09. The number of anilines is 1. The molecule has 2 rings (SSSR count). The molecule has 0 aliphatic heterocycles. The standard InChI is InChI=1S/C12H17NO2S/c1-12(5-3-2-4-6-12)9-7-8(13)10(16-9)11(14)15/h7H,2-6,13H2,1H3,(H,14,15). The molecule has 1 aliphatic rings. The average molecular weight is 239 g/mol. The van der Waals surface area contributed by atoms with Crippen LogP contribution in [0, 0.1) is 0 Å². The van der Waals surface area contributed by atoms with Crippen molar-refractivity contribution < 1.29 is 9.90 Å². The van der Waals surface area contributed by atoms with Crippen LogP contribution in [0.1, 0.15) is 53.6 Å². The van der Waals surface area contributed by atoms with E-state index in [1.807, 2.05) is 6.07 Å². The van der Waals surface area contributed by atoms with Gasteiger partial charge in [0, 0.05) is 10.3 Å². The molecule has 0 spiro atoms. The van der Waals surface area contributed by atoms with Gasteiger partial charge in [-0.25, -0.2) is 4.79 Å². The first kappa shape index (κ1) is 11.5. The van der Waals surface area contributed by atoms with E-state index in [9.17, 15) is 4.79 Å². The quantitative estimate of drug-likeness (QED) is 0.832. The summed E-state index contributed by atoms with van der Waals surface area (Å²) < 4.78 is 0. The summed E-state index contributed by atoms with van der Waals surface area (Å²) in [6.45, 7) is 2.23. The molecule has 0 amide bonds. The number of nitrogens with two attached hydrogens (primary N) is 1. The predicted molar refractivity (Wildman–Crippen MR) is 66.1 cm³/mol. The Morgan fingerprint density at radius 1 is 1.44 bits per heavy atom. The number of carbonyl (C=O) groups is 1. The fourth-order valence-corrected chi connectivity index (χ4v) is 3.57. The third-order valence-corrected chi connectivity index (χ3v) is 4.95. The van der Waals surface area contributed by atoms with Crippen LogP contribution < -0.4 is 5.73 Å². The van der Waals surface area contributed by atoms with Crippen LogP contribution in [0.5, 0.6) is 0 Å². The molecule has 0 aromatic carbocycles. The van der Waals surface area contributed by atoms with E-state index >= 15 is 0 Å². The van der Waals surface area contributed by atoms with E-state index in [0.717, 1.165) is 17.7 Å². The molecule has 0 radical (unpaired) electrons. The van der Waals surface area contributed by atoms with Crippen molar-refractivity contribution in [2.75, 3.05) is 5.73 Å². The molecule has 0 atom stereocenters. The highest BCUT2D eigenvalue weighted by molar-refractivity contribution is 7.14. The van der Waals surface area contributed by atoms with Crippen LogP contribution in [0.3, 0.4) is 0 Å². The Morgan fingerprint density at radius 3 is 2.56 bits per heavy atom. The molecule has 1 fully saturated rings. The lowest BCUT2D eigenvalue weighted by Crippen LogP contribution is -2.23. The maximum atomic E-state index is 11.0. The molecule has 3 N–H and O–H groups in total. The van der Waals surface area contributed by atoms with Gasteiger partial charge >= 0.3 is 5.97 Å². The maximum Gasteiger partial charge on any atom is 0.348 e. The zero-order valence-electron chi connectivity index (χ0n) is 9.45. The first-order valence-electron chi connectivity index (χ1n) is 5.66. The zero-order valence-corrected chi connectivity index (χ0v) is 10.3. The molecule has 0 bridgehead atoms. The molecule has 1 aromatic rings. The Bertz CT molecular complexity index is 405. The van der Waals surface area contributed by atoms with Crippen molar-refractivity contribution in [3.05, 3.63) is 15.8 Å².